The van der Waals surface area contributed by atoms with Crippen LogP contribution >= 0.6 is 0 Å². The molecule has 7 nitrogen and oxygen atoms in total. The molecule has 10 heteroatoms. The van der Waals surface area contributed by atoms with Crippen molar-refractivity contribution in [2.24, 2.45) is 0 Å². The zero-order valence-corrected chi connectivity index (χ0v) is 24.7. The number of carbonyl (C=O) groups excluding carboxylic acids is 2. The lowest BCUT2D eigenvalue weighted by Gasteiger charge is -2.38. The Morgan fingerprint density at radius 2 is 1.62 bits per heavy atom. The van der Waals surface area contributed by atoms with Gasteiger partial charge in [0.15, 0.2) is 9.84 Å². The van der Waals surface area contributed by atoms with Crippen LogP contribution in [0, 0.1) is 11.6 Å². The molecule has 4 rings (SSSR count). The van der Waals surface area contributed by atoms with E-state index in [-0.39, 0.29) is 28.8 Å². The molecule has 1 atom stereocenters. The summed E-state index contributed by atoms with van der Waals surface area (Å²) < 4.78 is 51.1. The summed E-state index contributed by atoms with van der Waals surface area (Å²) in [4.78, 5) is 30.4. The normalized spacial score (nSPS) is 15.2. The lowest BCUT2D eigenvalue weighted by atomic mass is 9.99. The second-order valence-corrected chi connectivity index (χ2v) is 12.7. The largest absolute Gasteiger partial charge is 0.345 e. The van der Waals surface area contributed by atoms with E-state index in [1.807, 2.05) is 11.8 Å². The van der Waals surface area contributed by atoms with Crippen molar-refractivity contribution in [1.29, 1.82) is 0 Å². The van der Waals surface area contributed by atoms with Crippen molar-refractivity contribution < 1.29 is 26.8 Å². The standard InChI is InChI=1S/C32H37F2N3O4S/c1-3-37(31(38)20-23-10-12-29(13-11-23)42(2,40)41)28-14-17-36(18-15-28)19-16-30(24-6-4-8-26(33)21-24)35-32(39)25-7-5-9-27(34)22-25/h4-13,21-22,28,30H,3,14-20H2,1-2H3,(H,35,39). The fraction of sp³-hybridized carbons (Fsp3) is 0.375. The summed E-state index contributed by atoms with van der Waals surface area (Å²) in [6.45, 7) is 4.74. The number of rotatable bonds is 11. The lowest BCUT2D eigenvalue weighted by Crippen LogP contribution is -2.48. The molecule has 1 N–H and O–H groups in total. The molecule has 1 heterocycles. The van der Waals surface area contributed by atoms with Crippen molar-refractivity contribution in [1.82, 2.24) is 15.1 Å². The molecular formula is C32H37F2N3O4S. The van der Waals surface area contributed by atoms with Crippen LogP contribution in [0.15, 0.2) is 77.7 Å². The molecule has 3 aromatic carbocycles. The quantitative estimate of drug-likeness (QED) is 0.344. The SMILES string of the molecule is CCN(C(=O)Cc1ccc(S(C)(=O)=O)cc1)C1CCN(CCC(NC(=O)c2cccc(F)c2)c2cccc(F)c2)CC1. The molecule has 42 heavy (non-hydrogen) atoms. The summed E-state index contributed by atoms with van der Waals surface area (Å²) in [5, 5.41) is 2.94. The van der Waals surface area contributed by atoms with Gasteiger partial charge >= 0.3 is 0 Å². The first-order chi connectivity index (χ1) is 20.0. The Kier molecular flexibility index (Phi) is 10.5. The molecule has 0 aliphatic carbocycles. The van der Waals surface area contributed by atoms with Crippen LogP contribution in [0.1, 0.15) is 53.7 Å². The van der Waals surface area contributed by atoms with E-state index in [2.05, 4.69) is 10.2 Å². The Morgan fingerprint density at radius 3 is 2.21 bits per heavy atom. The number of hydrogen-bond acceptors (Lipinski definition) is 5. The predicted octanol–water partition coefficient (Wildman–Crippen LogP) is 4.79. The molecule has 1 saturated heterocycles. The number of likely N-dealkylation sites (N-methyl/N-ethyl adjacent to an activating group) is 1. The molecule has 1 unspecified atom stereocenters. The minimum atomic E-state index is -3.29. The van der Waals surface area contributed by atoms with Crippen LogP contribution < -0.4 is 5.32 Å². The highest BCUT2D eigenvalue weighted by Crippen LogP contribution is 2.23. The Bertz CT molecular complexity index is 1490. The monoisotopic (exact) mass is 597 g/mol. The van der Waals surface area contributed by atoms with Gasteiger partial charge in [-0.3, -0.25) is 9.59 Å². The number of carbonyl (C=O) groups is 2. The second-order valence-electron chi connectivity index (χ2n) is 10.7. The molecule has 0 bridgehead atoms. The fourth-order valence-corrected chi connectivity index (χ4v) is 6.08. The Labute approximate surface area is 246 Å². The zero-order chi connectivity index (χ0) is 30.3. The van der Waals surface area contributed by atoms with Crippen molar-refractivity contribution >= 4 is 21.7 Å². The third-order valence-corrected chi connectivity index (χ3v) is 8.87. The number of piperidine rings is 1. The van der Waals surface area contributed by atoms with Gasteiger partial charge in [-0.2, -0.15) is 0 Å². The van der Waals surface area contributed by atoms with Gasteiger partial charge in [0.2, 0.25) is 5.91 Å². The van der Waals surface area contributed by atoms with Crippen LogP contribution in [0.4, 0.5) is 8.78 Å². The third-order valence-electron chi connectivity index (χ3n) is 7.74. The van der Waals surface area contributed by atoms with Crippen LogP contribution in [-0.2, 0) is 21.1 Å². The van der Waals surface area contributed by atoms with Gasteiger partial charge in [-0.25, -0.2) is 17.2 Å². The topological polar surface area (TPSA) is 86.8 Å². The number of nitrogens with zero attached hydrogens (tertiary/aromatic N) is 2. The predicted molar refractivity (Wildman–Crippen MR) is 158 cm³/mol. The van der Waals surface area contributed by atoms with E-state index in [4.69, 9.17) is 0 Å². The smallest absolute Gasteiger partial charge is 0.251 e. The molecule has 2 amide bonds. The molecule has 0 radical (unpaired) electrons. The van der Waals surface area contributed by atoms with Crippen molar-refractivity contribution in [3.8, 4) is 0 Å². The van der Waals surface area contributed by atoms with Gasteiger partial charge in [-0.15, -0.1) is 0 Å². The first kappa shape index (κ1) is 31.3. The van der Waals surface area contributed by atoms with Crippen LogP contribution in [0.2, 0.25) is 0 Å². The van der Waals surface area contributed by atoms with Crippen molar-refractivity contribution in [3.05, 3.63) is 101 Å². The van der Waals surface area contributed by atoms with Crippen LogP contribution in [-0.4, -0.2) is 68.5 Å². The first-order valence-corrected chi connectivity index (χ1v) is 16.1. The summed E-state index contributed by atoms with van der Waals surface area (Å²) in [5.74, 6) is -1.31. The molecule has 1 fully saturated rings. The van der Waals surface area contributed by atoms with E-state index in [0.717, 1.165) is 37.8 Å². The van der Waals surface area contributed by atoms with Crippen LogP contribution in [0.3, 0.4) is 0 Å². The molecule has 224 valence electrons. The van der Waals surface area contributed by atoms with E-state index in [1.165, 1.54) is 48.5 Å². The number of hydrogen-bond donors (Lipinski definition) is 1. The number of halogens is 2. The Morgan fingerprint density at radius 1 is 0.976 bits per heavy atom. The number of likely N-dealkylation sites (tertiary alicyclic amines) is 1. The van der Waals surface area contributed by atoms with E-state index in [0.29, 0.717) is 25.1 Å². The van der Waals surface area contributed by atoms with Crippen molar-refractivity contribution in [3.63, 3.8) is 0 Å². The molecule has 0 saturated carbocycles. The van der Waals surface area contributed by atoms with Crippen LogP contribution in [0.25, 0.3) is 0 Å². The maximum atomic E-state index is 14.0. The molecule has 1 aliphatic heterocycles. The van der Waals surface area contributed by atoms with E-state index >= 15 is 0 Å². The van der Waals surface area contributed by atoms with Gasteiger partial charge < -0.3 is 15.1 Å². The minimum absolute atomic E-state index is 0.00860. The summed E-state index contributed by atoms with van der Waals surface area (Å²) in [7, 11) is -3.29. The second kappa shape index (κ2) is 14.0. The van der Waals surface area contributed by atoms with Crippen molar-refractivity contribution in [2.75, 3.05) is 32.4 Å². The van der Waals surface area contributed by atoms with E-state index in [1.54, 1.807) is 24.3 Å². The lowest BCUT2D eigenvalue weighted by molar-refractivity contribution is -0.133. The summed E-state index contributed by atoms with van der Waals surface area (Å²) in [5.41, 5.74) is 1.61. The van der Waals surface area contributed by atoms with Gasteiger partial charge in [-0.05, 0) is 79.8 Å². The molecule has 1 aliphatic rings. The highest BCUT2D eigenvalue weighted by Gasteiger charge is 2.28. The molecule has 3 aromatic rings. The van der Waals surface area contributed by atoms with E-state index in [9.17, 15) is 26.8 Å². The minimum Gasteiger partial charge on any atom is -0.345 e. The Hall–Kier alpha value is -3.63. The van der Waals surface area contributed by atoms with Gasteiger partial charge in [-0.1, -0.05) is 30.3 Å². The summed E-state index contributed by atoms with van der Waals surface area (Å²) in [6, 6.07) is 17.7. The van der Waals surface area contributed by atoms with Gasteiger partial charge in [0.1, 0.15) is 11.6 Å². The number of amides is 2. The van der Waals surface area contributed by atoms with Gasteiger partial charge in [0.25, 0.3) is 5.91 Å². The average molecular weight is 598 g/mol. The summed E-state index contributed by atoms with van der Waals surface area (Å²) >= 11 is 0. The summed E-state index contributed by atoms with van der Waals surface area (Å²) in [6.07, 6.45) is 3.50. The van der Waals surface area contributed by atoms with E-state index < -0.39 is 33.4 Å². The number of benzene rings is 3. The molecule has 0 spiro atoms. The van der Waals surface area contributed by atoms with Crippen molar-refractivity contribution in [2.45, 2.75) is 49.6 Å². The molecular weight excluding hydrogens is 560 g/mol. The van der Waals surface area contributed by atoms with Gasteiger partial charge in [0.05, 0.1) is 17.4 Å². The fourth-order valence-electron chi connectivity index (χ4n) is 5.45. The third kappa shape index (κ3) is 8.45. The highest BCUT2D eigenvalue weighted by molar-refractivity contribution is 7.90. The average Bonchev–Trinajstić information content (AvgIpc) is 2.96. The Balaban J connectivity index is 1.33. The number of nitrogens with one attached hydrogen (secondary N) is 1. The maximum absolute atomic E-state index is 14.0. The number of sulfone groups is 1. The zero-order valence-electron chi connectivity index (χ0n) is 23.9. The first-order valence-electron chi connectivity index (χ1n) is 14.2. The highest BCUT2D eigenvalue weighted by atomic mass is 32.2. The maximum Gasteiger partial charge on any atom is 0.251 e. The molecule has 0 aromatic heterocycles. The van der Waals surface area contributed by atoms with Crippen LogP contribution in [0.5, 0.6) is 0 Å². The van der Waals surface area contributed by atoms with Gasteiger partial charge in [0, 0.05) is 44.0 Å².